The third-order valence-electron chi connectivity index (χ3n) is 3.30. The van der Waals surface area contributed by atoms with E-state index < -0.39 is 0 Å². The zero-order chi connectivity index (χ0) is 11.3. The van der Waals surface area contributed by atoms with Crippen molar-refractivity contribution in [3.8, 4) is 6.07 Å². The van der Waals surface area contributed by atoms with Crippen LogP contribution in [0.4, 0.5) is 0 Å². The van der Waals surface area contributed by atoms with Gasteiger partial charge in [-0.05, 0) is 32.4 Å². The predicted octanol–water partition coefficient (Wildman–Crippen LogP) is 1.61. The van der Waals surface area contributed by atoms with E-state index in [1.54, 1.807) is 0 Å². The van der Waals surface area contributed by atoms with Crippen LogP contribution in [0, 0.1) is 17.2 Å². The van der Waals surface area contributed by atoms with Crippen molar-refractivity contribution in [3.05, 3.63) is 0 Å². The van der Waals surface area contributed by atoms with Gasteiger partial charge >= 0.3 is 0 Å². The number of likely N-dealkylation sites (N-methyl/N-ethyl adjacent to an activating group) is 1. The van der Waals surface area contributed by atoms with E-state index in [4.69, 9.17) is 5.26 Å². The minimum absolute atomic E-state index is 0.378. The smallest absolute Gasteiger partial charge is 0.116 e. The Bertz CT molecular complexity index is 234. The number of nitrogens with one attached hydrogen (secondary N) is 1. The zero-order valence-electron chi connectivity index (χ0n) is 10.2. The molecule has 1 rings (SSSR count). The highest BCUT2D eigenvalue weighted by Gasteiger charge is 2.29. The summed E-state index contributed by atoms with van der Waals surface area (Å²) in [5, 5.41) is 12.4. The second-order valence-corrected chi connectivity index (χ2v) is 4.77. The van der Waals surface area contributed by atoms with E-state index in [0.717, 1.165) is 25.6 Å². The summed E-state index contributed by atoms with van der Waals surface area (Å²) in [6.07, 6.45) is 2.56. The Morgan fingerprint density at radius 2 is 2.27 bits per heavy atom. The van der Waals surface area contributed by atoms with E-state index >= 15 is 0 Å². The summed E-state index contributed by atoms with van der Waals surface area (Å²) in [5.74, 6) is 0.842. The van der Waals surface area contributed by atoms with Gasteiger partial charge in [-0.25, -0.2) is 0 Å². The number of nitrogens with zero attached hydrogens (tertiary/aromatic N) is 2. The molecule has 2 unspecified atom stereocenters. The number of likely N-dealkylation sites (tertiary alicyclic amines) is 1. The van der Waals surface area contributed by atoms with Crippen molar-refractivity contribution < 1.29 is 0 Å². The summed E-state index contributed by atoms with van der Waals surface area (Å²) in [7, 11) is 0. The fourth-order valence-corrected chi connectivity index (χ4v) is 2.36. The van der Waals surface area contributed by atoms with Gasteiger partial charge in [-0.1, -0.05) is 20.3 Å². The van der Waals surface area contributed by atoms with Crippen LogP contribution in [0.2, 0.25) is 0 Å². The van der Waals surface area contributed by atoms with Gasteiger partial charge in [-0.15, -0.1) is 0 Å². The lowest BCUT2D eigenvalue weighted by atomic mass is 10.0. The number of hydrogen-bond donors (Lipinski definition) is 1. The Morgan fingerprint density at radius 3 is 2.73 bits per heavy atom. The monoisotopic (exact) mass is 209 g/mol. The highest BCUT2D eigenvalue weighted by atomic mass is 15.2. The molecule has 15 heavy (non-hydrogen) atoms. The van der Waals surface area contributed by atoms with Crippen molar-refractivity contribution in [2.45, 2.75) is 39.2 Å². The molecule has 1 heterocycles. The van der Waals surface area contributed by atoms with Crippen LogP contribution < -0.4 is 5.32 Å². The molecule has 0 aromatic heterocycles. The molecule has 0 radical (unpaired) electrons. The lowest BCUT2D eigenvalue weighted by molar-refractivity contribution is 0.255. The van der Waals surface area contributed by atoms with Crippen molar-refractivity contribution in [2.24, 2.45) is 5.92 Å². The van der Waals surface area contributed by atoms with Gasteiger partial charge in [0.2, 0.25) is 0 Å². The Balaban J connectivity index is 2.44. The van der Waals surface area contributed by atoms with Crippen LogP contribution in [0.25, 0.3) is 0 Å². The molecule has 0 spiro atoms. The largest absolute Gasteiger partial charge is 0.300 e. The first kappa shape index (κ1) is 12.5. The molecule has 0 aliphatic carbocycles. The van der Waals surface area contributed by atoms with E-state index in [9.17, 15) is 0 Å². The standard InChI is InChI=1S/C12H23N3/c1-4-11-6-7-15(8-11)10-12(3,9-13)14-5-2/h11,14H,4-8,10H2,1-3H3. The van der Waals surface area contributed by atoms with E-state index in [-0.39, 0.29) is 5.54 Å². The molecule has 1 N–H and O–H groups in total. The van der Waals surface area contributed by atoms with Crippen LogP contribution in [0.1, 0.15) is 33.6 Å². The second-order valence-electron chi connectivity index (χ2n) is 4.77. The van der Waals surface area contributed by atoms with E-state index in [1.807, 2.05) is 6.92 Å². The minimum Gasteiger partial charge on any atom is -0.300 e. The van der Waals surface area contributed by atoms with Gasteiger partial charge in [0.05, 0.1) is 6.07 Å². The lowest BCUT2D eigenvalue weighted by Crippen LogP contribution is -2.49. The maximum Gasteiger partial charge on any atom is 0.116 e. The highest BCUT2D eigenvalue weighted by molar-refractivity contribution is 5.06. The zero-order valence-corrected chi connectivity index (χ0v) is 10.2. The molecule has 0 aromatic carbocycles. The van der Waals surface area contributed by atoms with Gasteiger partial charge in [0.15, 0.2) is 0 Å². The second kappa shape index (κ2) is 5.48. The average Bonchev–Trinajstić information content (AvgIpc) is 2.66. The van der Waals surface area contributed by atoms with E-state index in [1.165, 1.54) is 19.4 Å². The maximum absolute atomic E-state index is 9.16. The first-order valence-electron chi connectivity index (χ1n) is 6.02. The maximum atomic E-state index is 9.16. The molecule has 86 valence electrons. The normalized spacial score (nSPS) is 26.1. The molecule has 0 amide bonds. The van der Waals surface area contributed by atoms with Crippen molar-refractivity contribution >= 4 is 0 Å². The van der Waals surface area contributed by atoms with Gasteiger partial charge in [0, 0.05) is 13.1 Å². The van der Waals surface area contributed by atoms with Gasteiger partial charge in [0.25, 0.3) is 0 Å². The van der Waals surface area contributed by atoms with Gasteiger partial charge < -0.3 is 4.90 Å². The molecule has 2 atom stereocenters. The Kier molecular flexibility index (Phi) is 4.56. The summed E-state index contributed by atoms with van der Waals surface area (Å²) >= 11 is 0. The van der Waals surface area contributed by atoms with Crippen LogP contribution in [0.3, 0.4) is 0 Å². The van der Waals surface area contributed by atoms with Crippen molar-refractivity contribution in [2.75, 3.05) is 26.2 Å². The summed E-state index contributed by atoms with van der Waals surface area (Å²) in [4.78, 5) is 2.42. The van der Waals surface area contributed by atoms with Crippen LogP contribution in [-0.4, -0.2) is 36.6 Å². The van der Waals surface area contributed by atoms with E-state index in [0.29, 0.717) is 0 Å². The molecule has 1 aliphatic heterocycles. The van der Waals surface area contributed by atoms with E-state index in [2.05, 4.69) is 30.1 Å². The Hall–Kier alpha value is -0.590. The van der Waals surface area contributed by atoms with Gasteiger partial charge in [-0.3, -0.25) is 5.32 Å². The average molecular weight is 209 g/mol. The quantitative estimate of drug-likeness (QED) is 0.747. The first-order valence-corrected chi connectivity index (χ1v) is 6.02. The third kappa shape index (κ3) is 3.48. The highest BCUT2D eigenvalue weighted by Crippen LogP contribution is 2.20. The SMILES string of the molecule is CCNC(C)(C#N)CN1CCC(CC)C1. The van der Waals surface area contributed by atoms with Crippen molar-refractivity contribution in [3.63, 3.8) is 0 Å². The number of nitriles is 1. The summed E-state index contributed by atoms with van der Waals surface area (Å²) in [6.45, 7) is 10.3. The van der Waals surface area contributed by atoms with Gasteiger partial charge in [-0.2, -0.15) is 5.26 Å². The Morgan fingerprint density at radius 1 is 1.53 bits per heavy atom. The minimum atomic E-state index is -0.378. The van der Waals surface area contributed by atoms with Crippen molar-refractivity contribution in [1.82, 2.24) is 10.2 Å². The molecule has 0 bridgehead atoms. The van der Waals surface area contributed by atoms with Crippen LogP contribution >= 0.6 is 0 Å². The molecule has 3 heteroatoms. The topological polar surface area (TPSA) is 39.1 Å². The molecular formula is C12H23N3. The van der Waals surface area contributed by atoms with Crippen LogP contribution in [0.5, 0.6) is 0 Å². The fourth-order valence-electron chi connectivity index (χ4n) is 2.36. The van der Waals surface area contributed by atoms with Crippen LogP contribution in [-0.2, 0) is 0 Å². The molecular weight excluding hydrogens is 186 g/mol. The summed E-state index contributed by atoms with van der Waals surface area (Å²) in [6, 6.07) is 2.39. The lowest BCUT2D eigenvalue weighted by Gasteiger charge is -2.28. The fraction of sp³-hybridized carbons (Fsp3) is 0.917. The molecule has 1 aliphatic rings. The molecule has 1 saturated heterocycles. The summed E-state index contributed by atoms with van der Waals surface area (Å²) in [5.41, 5.74) is -0.378. The van der Waals surface area contributed by atoms with Crippen LogP contribution in [0.15, 0.2) is 0 Å². The first-order chi connectivity index (χ1) is 7.13. The molecule has 0 saturated carbocycles. The molecule has 1 fully saturated rings. The molecule has 0 aromatic rings. The third-order valence-corrected chi connectivity index (χ3v) is 3.30. The summed E-state index contributed by atoms with van der Waals surface area (Å²) < 4.78 is 0. The van der Waals surface area contributed by atoms with Gasteiger partial charge in [0.1, 0.15) is 5.54 Å². The molecule has 3 nitrogen and oxygen atoms in total. The predicted molar refractivity (Wildman–Crippen MR) is 62.5 cm³/mol. The number of rotatable bonds is 5. The Labute approximate surface area is 93.5 Å². The number of hydrogen-bond acceptors (Lipinski definition) is 3. The van der Waals surface area contributed by atoms with Crippen molar-refractivity contribution in [1.29, 1.82) is 5.26 Å².